The van der Waals surface area contributed by atoms with Crippen LogP contribution in [0, 0.1) is 18.3 Å². The third-order valence-corrected chi connectivity index (χ3v) is 4.05. The molecule has 2 aromatic carbocycles. The number of nitriles is 1. The maximum Gasteiger partial charge on any atom is 0.203 e. The van der Waals surface area contributed by atoms with Gasteiger partial charge in [0, 0.05) is 5.56 Å². The quantitative estimate of drug-likeness (QED) is 0.705. The zero-order chi connectivity index (χ0) is 18.7. The summed E-state index contributed by atoms with van der Waals surface area (Å²) in [7, 11) is 4.65. The molecule has 0 aliphatic heterocycles. The van der Waals surface area contributed by atoms with E-state index in [9.17, 15) is 5.26 Å². The number of nitrogens with one attached hydrogen (secondary N) is 1. The Bertz CT molecular complexity index is 1030. The van der Waals surface area contributed by atoms with E-state index >= 15 is 0 Å². The number of allylic oxidation sites excluding steroid dienone is 1. The van der Waals surface area contributed by atoms with Crippen LogP contribution in [0.15, 0.2) is 30.3 Å². The predicted molar refractivity (Wildman–Crippen MR) is 100 cm³/mol. The number of aromatic amines is 1. The number of nitrogens with zero attached hydrogens (tertiary/aromatic N) is 2. The normalized spacial score (nSPS) is 11.3. The molecule has 0 unspecified atom stereocenters. The van der Waals surface area contributed by atoms with Crippen molar-refractivity contribution < 1.29 is 14.2 Å². The van der Waals surface area contributed by atoms with Crippen LogP contribution in [-0.2, 0) is 0 Å². The zero-order valence-corrected chi connectivity index (χ0v) is 15.1. The fourth-order valence-electron chi connectivity index (χ4n) is 2.80. The molecule has 0 bridgehead atoms. The van der Waals surface area contributed by atoms with Crippen LogP contribution < -0.4 is 14.2 Å². The minimum atomic E-state index is 0.393. The second kappa shape index (κ2) is 7.19. The molecule has 0 atom stereocenters. The largest absolute Gasteiger partial charge is 0.493 e. The minimum absolute atomic E-state index is 0.393. The van der Waals surface area contributed by atoms with Gasteiger partial charge in [-0.3, -0.25) is 0 Å². The van der Waals surface area contributed by atoms with Crippen molar-refractivity contribution in [3.05, 3.63) is 47.3 Å². The highest BCUT2D eigenvalue weighted by molar-refractivity contribution is 5.91. The Kier molecular flexibility index (Phi) is 4.81. The Morgan fingerprint density at radius 1 is 1.08 bits per heavy atom. The number of methoxy groups -OCH3 is 3. The van der Waals surface area contributed by atoms with Crippen LogP contribution in [0.5, 0.6) is 17.2 Å². The molecule has 132 valence electrons. The number of benzene rings is 2. The fourth-order valence-corrected chi connectivity index (χ4v) is 2.80. The topological polar surface area (TPSA) is 80.2 Å². The molecule has 0 saturated carbocycles. The highest BCUT2D eigenvalue weighted by Gasteiger charge is 2.16. The van der Waals surface area contributed by atoms with Crippen molar-refractivity contribution in [3.63, 3.8) is 0 Å². The van der Waals surface area contributed by atoms with Gasteiger partial charge in [-0.05, 0) is 42.8 Å². The summed E-state index contributed by atoms with van der Waals surface area (Å²) in [5.74, 6) is 2.02. The summed E-state index contributed by atoms with van der Waals surface area (Å²) in [6.45, 7) is 2.01. The number of imidazole rings is 1. The van der Waals surface area contributed by atoms with Crippen molar-refractivity contribution in [3.8, 4) is 23.3 Å². The molecule has 0 spiro atoms. The summed E-state index contributed by atoms with van der Waals surface area (Å²) in [6, 6.07) is 11.7. The van der Waals surface area contributed by atoms with E-state index in [1.165, 1.54) is 0 Å². The first-order valence-corrected chi connectivity index (χ1v) is 7.98. The van der Waals surface area contributed by atoms with Gasteiger partial charge in [0.1, 0.15) is 11.9 Å². The lowest BCUT2D eigenvalue weighted by molar-refractivity contribution is 0.324. The molecule has 1 aromatic heterocycles. The first kappa shape index (κ1) is 17.4. The molecule has 3 rings (SSSR count). The molecule has 1 heterocycles. The molecule has 0 aliphatic rings. The molecule has 0 amide bonds. The number of fused-ring (bicyclic) bond motifs is 1. The summed E-state index contributed by atoms with van der Waals surface area (Å²) in [6.07, 6.45) is 1.71. The third kappa shape index (κ3) is 3.07. The molecule has 26 heavy (non-hydrogen) atoms. The van der Waals surface area contributed by atoms with Crippen LogP contribution in [0.4, 0.5) is 0 Å². The van der Waals surface area contributed by atoms with Crippen molar-refractivity contribution in [1.29, 1.82) is 5.26 Å². The van der Waals surface area contributed by atoms with E-state index in [0.29, 0.717) is 34.2 Å². The Morgan fingerprint density at radius 3 is 2.50 bits per heavy atom. The Labute approximate surface area is 151 Å². The summed E-state index contributed by atoms with van der Waals surface area (Å²) in [4.78, 5) is 7.71. The lowest BCUT2D eigenvalue weighted by Crippen LogP contribution is -1.97. The van der Waals surface area contributed by atoms with Gasteiger partial charge >= 0.3 is 0 Å². The van der Waals surface area contributed by atoms with Crippen LogP contribution in [0.3, 0.4) is 0 Å². The van der Waals surface area contributed by atoms with Crippen LogP contribution in [0.2, 0.25) is 0 Å². The van der Waals surface area contributed by atoms with Crippen molar-refractivity contribution >= 4 is 22.7 Å². The first-order chi connectivity index (χ1) is 12.6. The van der Waals surface area contributed by atoms with Crippen molar-refractivity contribution in [2.45, 2.75) is 6.92 Å². The maximum absolute atomic E-state index is 9.64. The van der Waals surface area contributed by atoms with E-state index in [2.05, 4.69) is 16.0 Å². The lowest BCUT2D eigenvalue weighted by Gasteiger charge is -2.14. The van der Waals surface area contributed by atoms with Crippen LogP contribution >= 0.6 is 0 Å². The standard InChI is InChI=1S/C20H19N3O3/c1-12-5-7-15-16(9-12)23-20(22-15)14(11-21)10-13-6-8-17(24-2)19(26-4)18(13)25-3/h5-10H,1-4H3,(H,22,23)/b14-10-. The number of ether oxygens (including phenoxy) is 3. The minimum Gasteiger partial charge on any atom is -0.493 e. The van der Waals surface area contributed by atoms with Crippen molar-refractivity contribution in [1.82, 2.24) is 9.97 Å². The molecular formula is C20H19N3O3. The van der Waals surface area contributed by atoms with E-state index in [1.54, 1.807) is 33.5 Å². The van der Waals surface area contributed by atoms with Crippen molar-refractivity contribution in [2.75, 3.05) is 21.3 Å². The predicted octanol–water partition coefficient (Wildman–Crippen LogP) is 3.96. The average molecular weight is 349 g/mol. The number of hydrogen-bond acceptors (Lipinski definition) is 5. The fraction of sp³-hybridized carbons (Fsp3) is 0.200. The molecule has 0 aliphatic carbocycles. The number of rotatable bonds is 5. The number of aryl methyl sites for hydroxylation is 1. The van der Waals surface area contributed by atoms with Gasteiger partial charge in [-0.25, -0.2) is 4.98 Å². The van der Waals surface area contributed by atoms with Gasteiger partial charge in [0.05, 0.1) is 37.9 Å². The maximum atomic E-state index is 9.64. The van der Waals surface area contributed by atoms with E-state index in [-0.39, 0.29) is 0 Å². The van der Waals surface area contributed by atoms with E-state index in [0.717, 1.165) is 16.6 Å². The third-order valence-electron chi connectivity index (χ3n) is 4.05. The highest BCUT2D eigenvalue weighted by Crippen LogP contribution is 2.41. The molecule has 3 aromatic rings. The van der Waals surface area contributed by atoms with Gasteiger partial charge in [0.2, 0.25) is 5.75 Å². The lowest BCUT2D eigenvalue weighted by atomic mass is 10.1. The Morgan fingerprint density at radius 2 is 1.85 bits per heavy atom. The molecule has 0 saturated heterocycles. The zero-order valence-electron chi connectivity index (χ0n) is 15.1. The number of aromatic nitrogens is 2. The second-order valence-corrected chi connectivity index (χ2v) is 5.70. The van der Waals surface area contributed by atoms with Gasteiger partial charge in [-0.2, -0.15) is 5.26 Å². The molecule has 6 nitrogen and oxygen atoms in total. The van der Waals surface area contributed by atoms with Gasteiger partial charge in [-0.15, -0.1) is 0 Å². The summed E-state index contributed by atoms with van der Waals surface area (Å²) >= 11 is 0. The van der Waals surface area contributed by atoms with Gasteiger partial charge in [0.15, 0.2) is 11.5 Å². The first-order valence-electron chi connectivity index (χ1n) is 7.98. The number of H-pyrrole nitrogens is 1. The second-order valence-electron chi connectivity index (χ2n) is 5.70. The van der Waals surface area contributed by atoms with Gasteiger partial charge < -0.3 is 19.2 Å². The molecule has 0 fully saturated rings. The van der Waals surface area contributed by atoms with E-state index in [1.807, 2.05) is 31.2 Å². The van der Waals surface area contributed by atoms with Crippen molar-refractivity contribution in [2.24, 2.45) is 0 Å². The molecule has 1 N–H and O–H groups in total. The smallest absolute Gasteiger partial charge is 0.203 e. The van der Waals surface area contributed by atoms with E-state index < -0.39 is 0 Å². The van der Waals surface area contributed by atoms with Crippen LogP contribution in [0.1, 0.15) is 17.0 Å². The highest BCUT2D eigenvalue weighted by atomic mass is 16.5. The van der Waals surface area contributed by atoms with Crippen LogP contribution in [0.25, 0.3) is 22.7 Å². The average Bonchev–Trinajstić information content (AvgIpc) is 3.07. The van der Waals surface area contributed by atoms with Gasteiger partial charge in [0.25, 0.3) is 0 Å². The molecular weight excluding hydrogens is 330 g/mol. The summed E-state index contributed by atoms with van der Waals surface area (Å²) in [5.41, 5.74) is 3.91. The molecule has 6 heteroatoms. The Balaban J connectivity index is 2.13. The van der Waals surface area contributed by atoms with Gasteiger partial charge in [-0.1, -0.05) is 6.07 Å². The summed E-state index contributed by atoms with van der Waals surface area (Å²) in [5, 5.41) is 9.64. The SMILES string of the molecule is COc1ccc(/C=C(/C#N)c2nc3ccc(C)cc3[nH]2)c(OC)c1OC. The van der Waals surface area contributed by atoms with E-state index in [4.69, 9.17) is 14.2 Å². The monoisotopic (exact) mass is 349 g/mol. The number of hydrogen-bond donors (Lipinski definition) is 1. The van der Waals surface area contributed by atoms with Crippen LogP contribution in [-0.4, -0.2) is 31.3 Å². The summed E-state index contributed by atoms with van der Waals surface area (Å²) < 4.78 is 16.2. The molecule has 0 radical (unpaired) electrons. The Hall–Kier alpha value is -3.46.